The molecule has 17 heavy (non-hydrogen) atoms. The first kappa shape index (κ1) is 13.6. The lowest BCUT2D eigenvalue weighted by Gasteiger charge is -2.13. The SMILES string of the molecule is CN(CC=O)C(=O)Nc1nnc(C(C)(C)C)s1. The predicted octanol–water partition coefficient (Wildman–Crippen LogP) is 1.50. The van der Waals surface area contributed by atoms with Gasteiger partial charge in [0.25, 0.3) is 0 Å². The molecule has 1 rings (SSSR count). The van der Waals surface area contributed by atoms with Crippen LogP contribution in [0, 0.1) is 0 Å². The van der Waals surface area contributed by atoms with Crippen LogP contribution in [-0.4, -0.2) is 41.0 Å². The number of hydrogen-bond acceptors (Lipinski definition) is 5. The Morgan fingerprint density at radius 2 is 2.12 bits per heavy atom. The third kappa shape index (κ3) is 3.77. The molecule has 0 bridgehead atoms. The molecule has 0 spiro atoms. The number of amides is 2. The fourth-order valence-electron chi connectivity index (χ4n) is 0.958. The minimum Gasteiger partial charge on any atom is -0.321 e. The first-order valence-electron chi connectivity index (χ1n) is 5.14. The van der Waals surface area contributed by atoms with Crippen LogP contribution in [0.3, 0.4) is 0 Å². The zero-order valence-corrected chi connectivity index (χ0v) is 11.2. The van der Waals surface area contributed by atoms with E-state index in [0.29, 0.717) is 11.4 Å². The number of aromatic nitrogens is 2. The van der Waals surface area contributed by atoms with E-state index < -0.39 is 0 Å². The van der Waals surface area contributed by atoms with Crippen molar-refractivity contribution < 1.29 is 9.59 Å². The number of carbonyl (C=O) groups excluding carboxylic acids is 2. The molecular weight excluding hydrogens is 240 g/mol. The lowest BCUT2D eigenvalue weighted by molar-refractivity contribution is -0.108. The summed E-state index contributed by atoms with van der Waals surface area (Å²) in [6.07, 6.45) is 0.667. The summed E-state index contributed by atoms with van der Waals surface area (Å²) in [5, 5.41) is 11.8. The van der Waals surface area contributed by atoms with Crippen LogP contribution in [0.2, 0.25) is 0 Å². The van der Waals surface area contributed by atoms with Crippen molar-refractivity contribution in [1.29, 1.82) is 0 Å². The molecule has 6 nitrogen and oxygen atoms in total. The fourth-order valence-corrected chi connectivity index (χ4v) is 1.75. The maximum Gasteiger partial charge on any atom is 0.323 e. The van der Waals surface area contributed by atoms with Gasteiger partial charge in [-0.25, -0.2) is 4.79 Å². The monoisotopic (exact) mass is 256 g/mol. The minimum atomic E-state index is -0.367. The summed E-state index contributed by atoms with van der Waals surface area (Å²) in [6.45, 7) is 6.13. The lowest BCUT2D eigenvalue weighted by atomic mass is 9.98. The van der Waals surface area contributed by atoms with Gasteiger partial charge in [0.1, 0.15) is 11.3 Å². The number of rotatable bonds is 3. The van der Waals surface area contributed by atoms with E-state index in [2.05, 4.69) is 15.5 Å². The minimum absolute atomic E-state index is 0.0523. The van der Waals surface area contributed by atoms with Crippen LogP contribution in [-0.2, 0) is 10.2 Å². The highest BCUT2D eigenvalue weighted by molar-refractivity contribution is 7.15. The first-order valence-corrected chi connectivity index (χ1v) is 5.96. The van der Waals surface area contributed by atoms with Crippen LogP contribution in [0.5, 0.6) is 0 Å². The molecule has 0 aliphatic rings. The van der Waals surface area contributed by atoms with E-state index in [9.17, 15) is 9.59 Å². The maximum absolute atomic E-state index is 11.6. The second-order valence-corrected chi connectivity index (χ2v) is 5.62. The molecule has 0 unspecified atom stereocenters. The quantitative estimate of drug-likeness (QED) is 0.831. The number of nitrogens with one attached hydrogen (secondary N) is 1. The zero-order valence-electron chi connectivity index (χ0n) is 10.4. The average molecular weight is 256 g/mol. The van der Waals surface area contributed by atoms with Crippen LogP contribution in [0.25, 0.3) is 0 Å². The first-order chi connectivity index (χ1) is 7.84. The molecular formula is C10H16N4O2S. The van der Waals surface area contributed by atoms with Crippen LogP contribution in [0.4, 0.5) is 9.93 Å². The van der Waals surface area contributed by atoms with Crippen molar-refractivity contribution in [3.8, 4) is 0 Å². The Morgan fingerprint density at radius 3 is 2.59 bits per heavy atom. The molecule has 0 fully saturated rings. The normalized spacial score (nSPS) is 11.1. The Bertz CT molecular complexity index is 411. The third-order valence-electron chi connectivity index (χ3n) is 1.98. The van der Waals surface area contributed by atoms with Gasteiger partial charge in [-0.3, -0.25) is 5.32 Å². The summed E-state index contributed by atoms with van der Waals surface area (Å²) in [7, 11) is 1.54. The van der Waals surface area contributed by atoms with Gasteiger partial charge in [0, 0.05) is 12.5 Å². The van der Waals surface area contributed by atoms with Crippen molar-refractivity contribution in [3.63, 3.8) is 0 Å². The van der Waals surface area contributed by atoms with E-state index in [-0.39, 0.29) is 18.0 Å². The topological polar surface area (TPSA) is 75.2 Å². The van der Waals surface area contributed by atoms with Crippen molar-refractivity contribution >= 4 is 28.8 Å². The molecule has 0 aromatic carbocycles. The van der Waals surface area contributed by atoms with Crippen molar-refractivity contribution in [3.05, 3.63) is 5.01 Å². The Hall–Kier alpha value is -1.50. The third-order valence-corrected chi connectivity index (χ3v) is 3.24. The van der Waals surface area contributed by atoms with E-state index >= 15 is 0 Å². The van der Waals surface area contributed by atoms with Gasteiger partial charge in [-0.1, -0.05) is 32.1 Å². The van der Waals surface area contributed by atoms with E-state index in [0.717, 1.165) is 5.01 Å². The Balaban J connectivity index is 2.67. The van der Waals surface area contributed by atoms with Crippen LogP contribution < -0.4 is 5.32 Å². The number of likely N-dealkylation sites (N-methyl/N-ethyl adjacent to an activating group) is 1. The Kier molecular flexibility index (Phi) is 4.17. The Labute approximate surface area is 104 Å². The molecule has 0 saturated carbocycles. The number of nitrogens with zero attached hydrogens (tertiary/aromatic N) is 3. The molecule has 1 heterocycles. The highest BCUT2D eigenvalue weighted by Crippen LogP contribution is 2.27. The van der Waals surface area contributed by atoms with Crippen LogP contribution in [0.15, 0.2) is 0 Å². The molecule has 1 aromatic heterocycles. The van der Waals surface area contributed by atoms with Crippen molar-refractivity contribution in [2.24, 2.45) is 0 Å². The smallest absolute Gasteiger partial charge is 0.321 e. The Morgan fingerprint density at radius 1 is 1.47 bits per heavy atom. The number of hydrogen-bond donors (Lipinski definition) is 1. The van der Waals surface area contributed by atoms with E-state index in [1.807, 2.05) is 20.8 Å². The van der Waals surface area contributed by atoms with Crippen molar-refractivity contribution in [2.75, 3.05) is 18.9 Å². The van der Waals surface area contributed by atoms with Gasteiger partial charge in [0.2, 0.25) is 5.13 Å². The molecule has 0 radical (unpaired) electrons. The predicted molar refractivity (Wildman–Crippen MR) is 66.3 cm³/mol. The summed E-state index contributed by atoms with van der Waals surface area (Å²) in [5.74, 6) is 0. The van der Waals surface area contributed by atoms with Crippen LogP contribution >= 0.6 is 11.3 Å². The maximum atomic E-state index is 11.6. The lowest BCUT2D eigenvalue weighted by Crippen LogP contribution is -2.32. The summed E-state index contributed by atoms with van der Waals surface area (Å²) in [5.41, 5.74) is -0.0880. The molecule has 7 heteroatoms. The summed E-state index contributed by atoms with van der Waals surface area (Å²) < 4.78 is 0. The van der Waals surface area contributed by atoms with Gasteiger partial charge in [-0.15, -0.1) is 10.2 Å². The van der Waals surface area contributed by atoms with Gasteiger partial charge in [-0.05, 0) is 0 Å². The molecule has 1 N–H and O–H groups in total. The number of carbonyl (C=O) groups is 2. The van der Waals surface area contributed by atoms with Gasteiger partial charge >= 0.3 is 6.03 Å². The molecule has 1 aromatic rings. The van der Waals surface area contributed by atoms with Crippen molar-refractivity contribution in [1.82, 2.24) is 15.1 Å². The highest BCUT2D eigenvalue weighted by atomic mass is 32.1. The molecule has 94 valence electrons. The van der Waals surface area contributed by atoms with E-state index in [1.165, 1.54) is 23.3 Å². The van der Waals surface area contributed by atoms with Gasteiger partial charge in [0.05, 0.1) is 6.54 Å². The van der Waals surface area contributed by atoms with Crippen LogP contribution in [0.1, 0.15) is 25.8 Å². The number of urea groups is 1. The zero-order chi connectivity index (χ0) is 13.1. The van der Waals surface area contributed by atoms with Gasteiger partial charge in [-0.2, -0.15) is 0 Å². The number of aldehydes is 1. The van der Waals surface area contributed by atoms with Gasteiger partial charge < -0.3 is 9.69 Å². The second-order valence-electron chi connectivity index (χ2n) is 4.64. The summed E-state index contributed by atoms with van der Waals surface area (Å²) >= 11 is 1.33. The van der Waals surface area contributed by atoms with Gasteiger partial charge in [0.15, 0.2) is 0 Å². The largest absolute Gasteiger partial charge is 0.323 e. The van der Waals surface area contributed by atoms with E-state index in [4.69, 9.17) is 0 Å². The molecule has 0 atom stereocenters. The summed E-state index contributed by atoms with van der Waals surface area (Å²) in [6, 6.07) is -0.367. The average Bonchev–Trinajstić information content (AvgIpc) is 2.66. The standard InChI is InChI=1S/C10H16N4O2S/c1-10(2,3)7-12-13-8(17-7)11-9(16)14(4)5-6-15/h6H,5H2,1-4H3,(H,11,13,16). The van der Waals surface area contributed by atoms with Crippen molar-refractivity contribution in [2.45, 2.75) is 26.2 Å². The van der Waals surface area contributed by atoms with E-state index in [1.54, 1.807) is 0 Å². The second kappa shape index (κ2) is 5.22. The summed E-state index contributed by atoms with van der Waals surface area (Å²) in [4.78, 5) is 23.1. The number of anilines is 1. The highest BCUT2D eigenvalue weighted by Gasteiger charge is 2.20. The molecule has 0 aliphatic carbocycles. The fraction of sp³-hybridized carbons (Fsp3) is 0.600. The molecule has 0 saturated heterocycles. The molecule has 2 amide bonds. The molecule has 0 aliphatic heterocycles.